The van der Waals surface area contributed by atoms with Crippen LogP contribution < -0.4 is 10.6 Å². The summed E-state index contributed by atoms with van der Waals surface area (Å²) in [4.78, 5) is 30.0. The number of nitrogens with zero attached hydrogens (tertiary/aromatic N) is 2. The van der Waals surface area contributed by atoms with E-state index in [1.54, 1.807) is 6.07 Å². The molecule has 0 fully saturated rings. The van der Waals surface area contributed by atoms with Crippen LogP contribution in [0.2, 0.25) is 0 Å². The third-order valence-corrected chi connectivity index (χ3v) is 2.24. The highest BCUT2D eigenvalue weighted by Gasteiger charge is 2.19. The van der Waals surface area contributed by atoms with Gasteiger partial charge in [-0.05, 0) is 12.5 Å². The number of carboxylic acids is 1. The van der Waals surface area contributed by atoms with Crippen LogP contribution in [0.3, 0.4) is 0 Å². The van der Waals surface area contributed by atoms with Gasteiger partial charge in [-0.2, -0.15) is 0 Å². The van der Waals surface area contributed by atoms with Crippen LogP contribution in [0.1, 0.15) is 26.2 Å². The van der Waals surface area contributed by atoms with E-state index in [-0.39, 0.29) is 5.95 Å². The molecule has 0 spiro atoms. The Bertz CT molecular complexity index is 397. The molecule has 0 aliphatic rings. The zero-order chi connectivity index (χ0) is 13.4. The van der Waals surface area contributed by atoms with Crippen LogP contribution in [0.4, 0.5) is 10.7 Å². The van der Waals surface area contributed by atoms with E-state index in [0.717, 1.165) is 12.8 Å². The van der Waals surface area contributed by atoms with Gasteiger partial charge in [-0.3, -0.25) is 5.32 Å². The Labute approximate surface area is 105 Å². The first-order chi connectivity index (χ1) is 8.63. The van der Waals surface area contributed by atoms with Gasteiger partial charge in [0.1, 0.15) is 6.04 Å². The fourth-order valence-corrected chi connectivity index (χ4v) is 1.33. The SMILES string of the molecule is CCCC[C@H](NC(=O)Nc1ncccn1)C(=O)O. The quantitative estimate of drug-likeness (QED) is 0.706. The van der Waals surface area contributed by atoms with Gasteiger partial charge in [-0.25, -0.2) is 19.6 Å². The van der Waals surface area contributed by atoms with Crippen molar-refractivity contribution in [3.05, 3.63) is 18.5 Å². The van der Waals surface area contributed by atoms with Gasteiger partial charge < -0.3 is 10.4 Å². The second-order valence-electron chi connectivity index (χ2n) is 3.70. The van der Waals surface area contributed by atoms with Crippen molar-refractivity contribution < 1.29 is 14.7 Å². The number of anilines is 1. The summed E-state index contributed by atoms with van der Waals surface area (Å²) in [7, 11) is 0. The number of aliphatic carboxylic acids is 1. The van der Waals surface area contributed by atoms with Gasteiger partial charge in [0.2, 0.25) is 5.95 Å². The lowest BCUT2D eigenvalue weighted by Crippen LogP contribution is -2.43. The van der Waals surface area contributed by atoms with E-state index in [4.69, 9.17) is 5.11 Å². The predicted octanol–water partition coefficient (Wildman–Crippen LogP) is 1.24. The molecule has 2 amide bonds. The summed E-state index contributed by atoms with van der Waals surface area (Å²) in [5, 5.41) is 13.7. The van der Waals surface area contributed by atoms with E-state index >= 15 is 0 Å². The van der Waals surface area contributed by atoms with Crippen LogP contribution in [-0.2, 0) is 4.79 Å². The van der Waals surface area contributed by atoms with Gasteiger partial charge in [-0.15, -0.1) is 0 Å². The first-order valence-electron chi connectivity index (χ1n) is 5.70. The van der Waals surface area contributed by atoms with Crippen molar-refractivity contribution in [1.82, 2.24) is 15.3 Å². The molecule has 1 aromatic rings. The number of urea groups is 1. The van der Waals surface area contributed by atoms with Gasteiger partial charge in [0.05, 0.1) is 0 Å². The Morgan fingerprint density at radius 3 is 2.61 bits per heavy atom. The maximum atomic E-state index is 11.5. The molecule has 0 unspecified atom stereocenters. The van der Waals surface area contributed by atoms with Crippen LogP contribution >= 0.6 is 0 Å². The first kappa shape index (κ1) is 13.9. The Kier molecular flexibility index (Phi) is 5.56. The number of amides is 2. The summed E-state index contributed by atoms with van der Waals surface area (Å²) in [6.45, 7) is 1.96. The van der Waals surface area contributed by atoms with Gasteiger partial charge in [0.15, 0.2) is 0 Å². The molecule has 1 aromatic heterocycles. The van der Waals surface area contributed by atoms with Crippen molar-refractivity contribution in [3.63, 3.8) is 0 Å². The number of unbranched alkanes of at least 4 members (excludes halogenated alkanes) is 1. The second-order valence-corrected chi connectivity index (χ2v) is 3.70. The maximum absolute atomic E-state index is 11.5. The molecule has 1 rings (SSSR count). The molecule has 0 saturated carbocycles. The topological polar surface area (TPSA) is 104 Å². The largest absolute Gasteiger partial charge is 0.480 e. The smallest absolute Gasteiger partial charge is 0.326 e. The number of carbonyl (C=O) groups excluding carboxylic acids is 1. The van der Waals surface area contributed by atoms with E-state index in [2.05, 4.69) is 20.6 Å². The van der Waals surface area contributed by atoms with Crippen LogP contribution in [-0.4, -0.2) is 33.1 Å². The van der Waals surface area contributed by atoms with Crippen molar-refractivity contribution in [2.45, 2.75) is 32.2 Å². The second kappa shape index (κ2) is 7.21. The number of carboxylic acid groups (broad SMARTS) is 1. The summed E-state index contributed by atoms with van der Waals surface area (Å²) in [6, 6.07) is 0.100. The molecular formula is C11H16N4O3. The fraction of sp³-hybridized carbons (Fsp3) is 0.455. The molecule has 1 heterocycles. The number of carbonyl (C=O) groups is 2. The van der Waals surface area contributed by atoms with E-state index in [9.17, 15) is 9.59 Å². The van der Waals surface area contributed by atoms with Crippen LogP contribution in [0.15, 0.2) is 18.5 Å². The average molecular weight is 252 g/mol. The molecule has 7 heteroatoms. The lowest BCUT2D eigenvalue weighted by Gasteiger charge is -2.13. The molecule has 98 valence electrons. The van der Waals surface area contributed by atoms with Gasteiger partial charge in [0.25, 0.3) is 0 Å². The van der Waals surface area contributed by atoms with Gasteiger partial charge in [0, 0.05) is 12.4 Å². The molecule has 3 N–H and O–H groups in total. The molecule has 0 aliphatic heterocycles. The van der Waals surface area contributed by atoms with Crippen molar-refractivity contribution in [2.24, 2.45) is 0 Å². The molecular weight excluding hydrogens is 236 g/mol. The average Bonchev–Trinajstić information content (AvgIpc) is 2.35. The van der Waals surface area contributed by atoms with Crippen molar-refractivity contribution >= 4 is 17.9 Å². The minimum Gasteiger partial charge on any atom is -0.480 e. The molecule has 0 saturated heterocycles. The molecule has 7 nitrogen and oxygen atoms in total. The van der Waals surface area contributed by atoms with E-state index in [0.29, 0.717) is 6.42 Å². The Morgan fingerprint density at radius 2 is 2.06 bits per heavy atom. The van der Waals surface area contributed by atoms with Crippen molar-refractivity contribution in [2.75, 3.05) is 5.32 Å². The van der Waals surface area contributed by atoms with E-state index < -0.39 is 18.0 Å². The highest BCUT2D eigenvalue weighted by molar-refractivity contribution is 5.90. The van der Waals surface area contributed by atoms with Crippen molar-refractivity contribution in [3.8, 4) is 0 Å². The summed E-state index contributed by atoms with van der Waals surface area (Å²) in [6.07, 6.45) is 4.96. The highest BCUT2D eigenvalue weighted by atomic mass is 16.4. The Balaban J connectivity index is 2.48. The summed E-state index contributed by atoms with van der Waals surface area (Å²) in [5.41, 5.74) is 0. The number of aromatic nitrogens is 2. The molecule has 0 bridgehead atoms. The minimum atomic E-state index is -1.05. The number of hydrogen-bond acceptors (Lipinski definition) is 4. The predicted molar refractivity (Wildman–Crippen MR) is 65.1 cm³/mol. The molecule has 0 radical (unpaired) electrons. The van der Waals surface area contributed by atoms with Crippen LogP contribution in [0.5, 0.6) is 0 Å². The number of hydrogen-bond donors (Lipinski definition) is 3. The van der Waals surface area contributed by atoms with Gasteiger partial charge in [-0.1, -0.05) is 19.8 Å². The lowest BCUT2D eigenvalue weighted by molar-refractivity contribution is -0.139. The summed E-state index contributed by atoms with van der Waals surface area (Å²) < 4.78 is 0. The number of rotatable bonds is 6. The third kappa shape index (κ3) is 4.77. The molecule has 0 aromatic carbocycles. The van der Waals surface area contributed by atoms with Gasteiger partial charge >= 0.3 is 12.0 Å². The van der Waals surface area contributed by atoms with E-state index in [1.807, 2.05) is 6.92 Å². The zero-order valence-electron chi connectivity index (χ0n) is 10.1. The fourth-order valence-electron chi connectivity index (χ4n) is 1.33. The Hall–Kier alpha value is -2.18. The minimum absolute atomic E-state index is 0.134. The monoisotopic (exact) mass is 252 g/mol. The highest BCUT2D eigenvalue weighted by Crippen LogP contribution is 2.01. The summed E-state index contributed by atoms with van der Waals surface area (Å²) >= 11 is 0. The third-order valence-electron chi connectivity index (χ3n) is 2.24. The zero-order valence-corrected chi connectivity index (χ0v) is 10.1. The maximum Gasteiger partial charge on any atom is 0.326 e. The molecule has 18 heavy (non-hydrogen) atoms. The number of nitrogens with one attached hydrogen (secondary N) is 2. The normalized spacial score (nSPS) is 11.6. The lowest BCUT2D eigenvalue weighted by atomic mass is 10.1. The summed E-state index contributed by atoms with van der Waals surface area (Å²) in [5.74, 6) is -0.915. The standard InChI is InChI=1S/C11H16N4O3/c1-2-3-5-8(9(16)17)14-11(18)15-10-12-6-4-7-13-10/h4,6-8H,2-3,5H2,1H3,(H,16,17)(H2,12,13,14,15,18)/t8-/m0/s1. The van der Waals surface area contributed by atoms with Crippen molar-refractivity contribution in [1.29, 1.82) is 0 Å². The first-order valence-corrected chi connectivity index (χ1v) is 5.70. The Morgan fingerprint density at radius 1 is 1.39 bits per heavy atom. The molecule has 0 aliphatic carbocycles. The van der Waals surface area contributed by atoms with E-state index in [1.165, 1.54) is 12.4 Å². The molecule has 1 atom stereocenters. The van der Waals surface area contributed by atoms with Crippen LogP contribution in [0.25, 0.3) is 0 Å². The van der Waals surface area contributed by atoms with Crippen LogP contribution in [0, 0.1) is 0 Å².